The number of hydrogen-bond donors (Lipinski definition) is 1. The van der Waals surface area contributed by atoms with Crippen LogP contribution in [0.5, 0.6) is 0 Å². The van der Waals surface area contributed by atoms with E-state index in [1.165, 1.54) is 0 Å². The maximum Gasteiger partial charge on any atom is 0.228 e. The minimum Gasteiger partial charge on any atom is -0.338 e. The molecule has 3 atom stereocenters. The third-order valence-electron chi connectivity index (χ3n) is 5.99. The van der Waals surface area contributed by atoms with E-state index < -0.39 is 0 Å². The van der Waals surface area contributed by atoms with Crippen molar-refractivity contribution in [3.63, 3.8) is 0 Å². The van der Waals surface area contributed by atoms with E-state index in [0.29, 0.717) is 23.7 Å². The van der Waals surface area contributed by atoms with E-state index in [-0.39, 0.29) is 29.6 Å². The molecule has 1 fully saturated rings. The zero-order valence-electron chi connectivity index (χ0n) is 16.5. The summed E-state index contributed by atoms with van der Waals surface area (Å²) in [7, 11) is 0. The number of allylic oxidation sites excluding steroid dienone is 2. The highest BCUT2D eigenvalue weighted by molar-refractivity contribution is 6.31. The Kier molecular flexibility index (Phi) is 5.72. The fourth-order valence-electron chi connectivity index (χ4n) is 4.36. The molecule has 1 N–H and O–H groups in total. The van der Waals surface area contributed by atoms with Gasteiger partial charge < -0.3 is 10.2 Å². The lowest BCUT2D eigenvalue weighted by atomic mass is 9.71. The fraction of sp³-hybridized carbons (Fsp3) is 0.333. The minimum atomic E-state index is -0.365. The van der Waals surface area contributed by atoms with Gasteiger partial charge in [0.05, 0.1) is 11.8 Å². The molecule has 0 radical (unpaired) electrons. The Hall–Kier alpha value is -2.59. The van der Waals surface area contributed by atoms with Crippen molar-refractivity contribution < 1.29 is 9.59 Å². The highest BCUT2D eigenvalue weighted by Gasteiger charge is 2.44. The average molecular weight is 409 g/mol. The van der Waals surface area contributed by atoms with Crippen LogP contribution in [0.1, 0.15) is 24.0 Å². The van der Waals surface area contributed by atoms with Crippen LogP contribution in [0.25, 0.3) is 0 Å². The Morgan fingerprint density at radius 1 is 1.21 bits per heavy atom. The molecule has 29 heavy (non-hydrogen) atoms. The number of rotatable bonds is 4. The monoisotopic (exact) mass is 408 g/mol. The topological polar surface area (TPSA) is 49.4 Å². The summed E-state index contributed by atoms with van der Waals surface area (Å²) in [6.07, 6.45) is 5.64. The van der Waals surface area contributed by atoms with Crippen LogP contribution >= 0.6 is 11.6 Å². The van der Waals surface area contributed by atoms with Crippen LogP contribution in [0.4, 0.5) is 5.69 Å². The van der Waals surface area contributed by atoms with Crippen LogP contribution in [-0.2, 0) is 16.1 Å². The van der Waals surface area contributed by atoms with E-state index in [2.05, 4.69) is 11.4 Å². The van der Waals surface area contributed by atoms with Crippen molar-refractivity contribution in [1.29, 1.82) is 0 Å². The lowest BCUT2D eigenvalue weighted by molar-refractivity contribution is -0.147. The number of carbonyl (C=O) groups excluding carboxylic acids is 2. The van der Waals surface area contributed by atoms with Crippen LogP contribution in [0.15, 0.2) is 60.7 Å². The summed E-state index contributed by atoms with van der Waals surface area (Å²) in [4.78, 5) is 28.3. The number of nitrogens with zero attached hydrogens (tertiary/aromatic N) is 1. The van der Waals surface area contributed by atoms with Crippen molar-refractivity contribution >= 4 is 29.1 Å². The molecule has 2 aromatic carbocycles. The molecule has 1 heterocycles. The number of benzene rings is 2. The van der Waals surface area contributed by atoms with E-state index in [4.69, 9.17) is 11.6 Å². The molecule has 2 aromatic rings. The number of fused-ring (bicyclic) bond motifs is 1. The maximum absolute atomic E-state index is 13.3. The lowest BCUT2D eigenvalue weighted by Gasteiger charge is -2.41. The second-order valence-electron chi connectivity index (χ2n) is 7.95. The van der Waals surface area contributed by atoms with Gasteiger partial charge in [0, 0.05) is 23.8 Å². The molecule has 5 heteroatoms. The Bertz CT molecular complexity index is 941. The molecule has 0 saturated carbocycles. The maximum atomic E-state index is 13.3. The van der Waals surface area contributed by atoms with Crippen molar-refractivity contribution in [2.75, 3.05) is 11.9 Å². The third kappa shape index (κ3) is 4.23. The Labute approximate surface area is 176 Å². The predicted molar refractivity (Wildman–Crippen MR) is 116 cm³/mol. The molecule has 0 unspecified atom stereocenters. The van der Waals surface area contributed by atoms with Crippen LogP contribution in [0.3, 0.4) is 0 Å². The first kappa shape index (κ1) is 19.7. The van der Waals surface area contributed by atoms with Gasteiger partial charge in [-0.1, -0.05) is 60.2 Å². The first-order valence-corrected chi connectivity index (χ1v) is 10.5. The summed E-state index contributed by atoms with van der Waals surface area (Å²) >= 11 is 6.19. The number of halogens is 1. The molecule has 4 nitrogen and oxygen atoms in total. The highest BCUT2D eigenvalue weighted by atomic mass is 35.5. The van der Waals surface area contributed by atoms with Crippen molar-refractivity contribution in [2.45, 2.75) is 26.3 Å². The first-order chi connectivity index (χ1) is 14.0. The van der Waals surface area contributed by atoms with E-state index in [0.717, 1.165) is 24.1 Å². The molecule has 0 spiro atoms. The van der Waals surface area contributed by atoms with Crippen molar-refractivity contribution in [3.8, 4) is 0 Å². The Balaban J connectivity index is 1.51. The first-order valence-electron chi connectivity index (χ1n) is 10.1. The molecular formula is C24H25ClN2O2. The zero-order valence-corrected chi connectivity index (χ0v) is 17.2. The largest absolute Gasteiger partial charge is 0.338 e. The van der Waals surface area contributed by atoms with Gasteiger partial charge in [-0.3, -0.25) is 9.59 Å². The number of piperidine rings is 1. The molecule has 1 aliphatic carbocycles. The molecule has 0 aromatic heterocycles. The van der Waals surface area contributed by atoms with Crippen LogP contribution in [0.2, 0.25) is 5.02 Å². The molecule has 0 bridgehead atoms. The third-order valence-corrected chi connectivity index (χ3v) is 6.40. The molecule has 2 amide bonds. The van der Waals surface area contributed by atoms with Crippen molar-refractivity contribution in [3.05, 3.63) is 76.8 Å². The quantitative estimate of drug-likeness (QED) is 0.737. The summed E-state index contributed by atoms with van der Waals surface area (Å²) in [5, 5.41) is 3.59. The van der Waals surface area contributed by atoms with Crippen LogP contribution < -0.4 is 5.32 Å². The van der Waals surface area contributed by atoms with Crippen LogP contribution in [-0.4, -0.2) is 23.3 Å². The van der Waals surface area contributed by atoms with Gasteiger partial charge >= 0.3 is 0 Å². The van der Waals surface area contributed by atoms with Gasteiger partial charge in [-0.05, 0) is 48.9 Å². The van der Waals surface area contributed by atoms with E-state index >= 15 is 0 Å². The number of carbonyl (C=O) groups is 2. The van der Waals surface area contributed by atoms with E-state index in [1.807, 2.05) is 60.4 Å². The Morgan fingerprint density at radius 2 is 2.00 bits per heavy atom. The number of likely N-dealkylation sites (tertiary alicyclic amines) is 1. The van der Waals surface area contributed by atoms with Crippen molar-refractivity contribution in [1.82, 2.24) is 4.90 Å². The molecule has 4 rings (SSSR count). The number of hydrogen-bond acceptors (Lipinski definition) is 2. The normalized spacial score (nSPS) is 23.6. The summed E-state index contributed by atoms with van der Waals surface area (Å²) in [6, 6.07) is 15.5. The van der Waals surface area contributed by atoms with Gasteiger partial charge in [0.1, 0.15) is 0 Å². The summed E-state index contributed by atoms with van der Waals surface area (Å²) in [5.41, 5.74) is 2.74. The zero-order chi connectivity index (χ0) is 20.4. The van der Waals surface area contributed by atoms with E-state index in [9.17, 15) is 9.59 Å². The highest BCUT2D eigenvalue weighted by Crippen LogP contribution is 2.38. The minimum absolute atomic E-state index is 0.0801. The second-order valence-corrected chi connectivity index (χ2v) is 8.35. The van der Waals surface area contributed by atoms with Crippen molar-refractivity contribution in [2.24, 2.45) is 17.8 Å². The van der Waals surface area contributed by atoms with Gasteiger partial charge in [-0.2, -0.15) is 0 Å². The van der Waals surface area contributed by atoms with Gasteiger partial charge in [0.2, 0.25) is 11.8 Å². The molecule has 1 aliphatic heterocycles. The number of amides is 2. The van der Waals surface area contributed by atoms with Crippen LogP contribution in [0, 0.1) is 24.7 Å². The lowest BCUT2D eigenvalue weighted by Crippen LogP contribution is -2.50. The van der Waals surface area contributed by atoms with Gasteiger partial charge in [0.15, 0.2) is 0 Å². The number of nitrogens with one attached hydrogen (secondary N) is 1. The van der Waals surface area contributed by atoms with Gasteiger partial charge in [-0.25, -0.2) is 0 Å². The summed E-state index contributed by atoms with van der Waals surface area (Å²) in [6.45, 7) is 3.24. The molecule has 2 aliphatic rings. The Morgan fingerprint density at radius 3 is 2.76 bits per heavy atom. The average Bonchev–Trinajstić information content (AvgIpc) is 2.73. The predicted octanol–water partition coefficient (Wildman–Crippen LogP) is 4.83. The standard InChI is InChI=1S/C24H25ClN2O2/c1-16-10-11-19(14-21(16)25)26-23(28)20-9-5-8-18-12-13-27(24(29)22(18)20)15-17-6-3-2-4-7-17/h2-8,10-11,14,18,20,22H,9,12-13,15H2,1H3,(H,26,28)/t18-,20-,22+/m0/s1. The molecule has 1 saturated heterocycles. The van der Waals surface area contributed by atoms with Gasteiger partial charge in [0.25, 0.3) is 0 Å². The second kappa shape index (κ2) is 8.42. The van der Waals surface area contributed by atoms with Gasteiger partial charge in [-0.15, -0.1) is 0 Å². The number of anilines is 1. The summed E-state index contributed by atoms with van der Waals surface area (Å²) in [5.74, 6) is -0.578. The number of aryl methyl sites for hydroxylation is 1. The fourth-order valence-corrected chi connectivity index (χ4v) is 4.54. The summed E-state index contributed by atoms with van der Waals surface area (Å²) < 4.78 is 0. The van der Waals surface area contributed by atoms with E-state index in [1.54, 1.807) is 6.07 Å². The SMILES string of the molecule is Cc1ccc(NC(=O)[C@H]2CC=C[C@H]3CCN(Cc4ccccc4)C(=O)[C@@H]23)cc1Cl. The molecule has 150 valence electrons. The smallest absolute Gasteiger partial charge is 0.228 e. The molecular weight excluding hydrogens is 384 g/mol.